The molecule has 25 heavy (non-hydrogen) atoms. The van der Waals surface area contributed by atoms with Crippen LogP contribution >= 0.6 is 24.0 Å². The van der Waals surface area contributed by atoms with Crippen LogP contribution in [0.2, 0.25) is 0 Å². The van der Waals surface area contributed by atoms with E-state index in [-0.39, 0.29) is 24.0 Å². The molecule has 1 aromatic heterocycles. The van der Waals surface area contributed by atoms with Gasteiger partial charge in [0.2, 0.25) is 0 Å². The molecule has 1 saturated carbocycles. The minimum Gasteiger partial charge on any atom is -0.357 e. The summed E-state index contributed by atoms with van der Waals surface area (Å²) in [5.74, 6) is 1.61. The van der Waals surface area contributed by atoms with Crippen LogP contribution in [0.3, 0.4) is 0 Å². The van der Waals surface area contributed by atoms with Gasteiger partial charge < -0.3 is 10.2 Å². The summed E-state index contributed by atoms with van der Waals surface area (Å²) in [5.41, 5.74) is 0.578. The Morgan fingerprint density at radius 3 is 2.76 bits per heavy atom. The molecule has 5 nitrogen and oxygen atoms in total. The van der Waals surface area contributed by atoms with Crippen LogP contribution < -0.4 is 5.32 Å². The van der Waals surface area contributed by atoms with E-state index in [1.54, 1.807) is 0 Å². The second-order valence-electron chi connectivity index (χ2n) is 7.76. The first-order valence-electron chi connectivity index (χ1n) is 9.71. The van der Waals surface area contributed by atoms with E-state index in [9.17, 15) is 0 Å². The molecule has 0 bridgehead atoms. The fourth-order valence-corrected chi connectivity index (χ4v) is 4.28. The van der Waals surface area contributed by atoms with Crippen LogP contribution in [-0.4, -0.2) is 46.8 Å². The molecule has 1 N–H and O–H groups in total. The maximum absolute atomic E-state index is 4.94. The molecular weight excluding hydrogens is 425 g/mol. The average Bonchev–Trinajstić information content (AvgIpc) is 3.23. The van der Waals surface area contributed by atoms with Gasteiger partial charge in [-0.15, -0.1) is 24.0 Å². The Morgan fingerprint density at radius 2 is 2.08 bits per heavy atom. The van der Waals surface area contributed by atoms with E-state index in [1.165, 1.54) is 51.6 Å². The smallest absolute Gasteiger partial charge is 0.193 e. The summed E-state index contributed by atoms with van der Waals surface area (Å²) in [4.78, 5) is 7.45. The van der Waals surface area contributed by atoms with Crippen LogP contribution in [0, 0.1) is 11.3 Å². The topological polar surface area (TPSA) is 45.5 Å². The maximum atomic E-state index is 4.94. The third-order valence-electron chi connectivity index (χ3n) is 5.60. The van der Waals surface area contributed by atoms with Gasteiger partial charge in [-0.2, -0.15) is 5.10 Å². The molecule has 1 aliphatic carbocycles. The quantitative estimate of drug-likeness (QED) is 0.415. The Bertz CT molecular complexity index is 522. The number of nitrogens with one attached hydrogen (secondary N) is 1. The van der Waals surface area contributed by atoms with E-state index in [1.807, 2.05) is 23.1 Å². The Labute approximate surface area is 169 Å². The summed E-state index contributed by atoms with van der Waals surface area (Å²) in [6.07, 6.45) is 12.3. The van der Waals surface area contributed by atoms with Gasteiger partial charge in [-0.3, -0.25) is 9.67 Å². The minimum atomic E-state index is 0. The number of likely N-dealkylation sites (tertiary alicyclic amines) is 1. The van der Waals surface area contributed by atoms with Crippen LogP contribution in [0.4, 0.5) is 0 Å². The van der Waals surface area contributed by atoms with Crippen molar-refractivity contribution in [3.8, 4) is 0 Å². The van der Waals surface area contributed by atoms with Gasteiger partial charge in [0.15, 0.2) is 5.96 Å². The Hall–Kier alpha value is -0.790. The van der Waals surface area contributed by atoms with Gasteiger partial charge in [0, 0.05) is 45.1 Å². The number of aromatic nitrogens is 2. The monoisotopic (exact) mass is 459 g/mol. The van der Waals surface area contributed by atoms with Gasteiger partial charge >= 0.3 is 0 Å². The Morgan fingerprint density at radius 1 is 1.28 bits per heavy atom. The molecule has 2 aliphatic rings. The lowest BCUT2D eigenvalue weighted by Crippen LogP contribution is -2.42. The minimum absolute atomic E-state index is 0. The van der Waals surface area contributed by atoms with Crippen LogP contribution in [0.15, 0.2) is 23.5 Å². The second-order valence-corrected chi connectivity index (χ2v) is 7.76. The zero-order valence-electron chi connectivity index (χ0n) is 15.8. The van der Waals surface area contributed by atoms with E-state index in [2.05, 4.69) is 29.2 Å². The van der Waals surface area contributed by atoms with Crippen molar-refractivity contribution in [2.75, 3.05) is 26.2 Å². The molecule has 2 fully saturated rings. The predicted molar refractivity (Wildman–Crippen MR) is 114 cm³/mol. The molecule has 1 aromatic rings. The fourth-order valence-electron chi connectivity index (χ4n) is 4.28. The van der Waals surface area contributed by atoms with E-state index >= 15 is 0 Å². The van der Waals surface area contributed by atoms with E-state index < -0.39 is 0 Å². The molecule has 1 aliphatic heterocycles. The predicted octanol–water partition coefficient (Wildman–Crippen LogP) is 3.76. The molecular formula is C19H34IN5. The van der Waals surface area contributed by atoms with Crippen LogP contribution in [0.5, 0.6) is 0 Å². The zero-order valence-corrected chi connectivity index (χ0v) is 18.1. The number of hydrogen-bond donors (Lipinski definition) is 1. The molecule has 2 heterocycles. The lowest BCUT2D eigenvalue weighted by Gasteiger charge is -2.33. The van der Waals surface area contributed by atoms with E-state index in [4.69, 9.17) is 4.99 Å². The fraction of sp³-hybridized carbons (Fsp3) is 0.789. The molecule has 1 atom stereocenters. The molecule has 0 aromatic carbocycles. The van der Waals surface area contributed by atoms with Crippen molar-refractivity contribution < 1.29 is 0 Å². The van der Waals surface area contributed by atoms with Crippen molar-refractivity contribution in [1.29, 1.82) is 0 Å². The Kier molecular flexibility index (Phi) is 8.03. The molecule has 1 spiro atoms. The first-order valence-corrected chi connectivity index (χ1v) is 9.71. The first kappa shape index (κ1) is 20.5. The molecule has 1 saturated heterocycles. The standard InChI is InChI=1S/C19H33N5.HI/c1-3-20-18(21-14-17(2)15-24-12-7-11-22-24)23-13-10-19(16-23)8-5-4-6-9-19;/h7,11-12,17H,3-6,8-10,13-16H2,1-2H3,(H,20,21);1H. The van der Waals surface area contributed by atoms with Crippen molar-refractivity contribution in [1.82, 2.24) is 20.0 Å². The number of rotatable bonds is 5. The number of halogens is 1. The normalized spacial score (nSPS) is 21.2. The molecule has 0 amide bonds. The van der Waals surface area contributed by atoms with E-state index in [0.29, 0.717) is 11.3 Å². The van der Waals surface area contributed by atoms with Gasteiger partial charge in [-0.1, -0.05) is 26.2 Å². The highest BCUT2D eigenvalue weighted by atomic mass is 127. The highest BCUT2D eigenvalue weighted by molar-refractivity contribution is 14.0. The summed E-state index contributed by atoms with van der Waals surface area (Å²) in [6.45, 7) is 9.50. The van der Waals surface area contributed by atoms with Gasteiger partial charge in [0.1, 0.15) is 0 Å². The van der Waals surface area contributed by atoms with Gasteiger partial charge in [0.05, 0.1) is 0 Å². The van der Waals surface area contributed by atoms with Crippen molar-refractivity contribution in [2.24, 2.45) is 16.3 Å². The highest BCUT2D eigenvalue weighted by Crippen LogP contribution is 2.43. The van der Waals surface area contributed by atoms with Gasteiger partial charge in [-0.25, -0.2) is 0 Å². The van der Waals surface area contributed by atoms with Crippen molar-refractivity contribution >= 4 is 29.9 Å². The van der Waals surface area contributed by atoms with Crippen molar-refractivity contribution in [3.05, 3.63) is 18.5 Å². The summed E-state index contributed by atoms with van der Waals surface area (Å²) >= 11 is 0. The lowest BCUT2D eigenvalue weighted by molar-refractivity contribution is 0.203. The van der Waals surface area contributed by atoms with Gasteiger partial charge in [0.25, 0.3) is 0 Å². The molecule has 142 valence electrons. The molecule has 1 unspecified atom stereocenters. The molecule has 3 rings (SSSR count). The first-order chi connectivity index (χ1) is 11.7. The van der Waals surface area contributed by atoms with Crippen molar-refractivity contribution in [3.63, 3.8) is 0 Å². The summed E-state index contributed by atoms with van der Waals surface area (Å²) in [7, 11) is 0. The second kappa shape index (κ2) is 9.78. The van der Waals surface area contributed by atoms with Crippen LogP contribution in [0.1, 0.15) is 52.4 Å². The maximum Gasteiger partial charge on any atom is 0.193 e. The number of aliphatic imine (C=N–C) groups is 1. The third-order valence-corrected chi connectivity index (χ3v) is 5.60. The lowest BCUT2D eigenvalue weighted by atomic mass is 9.73. The summed E-state index contributed by atoms with van der Waals surface area (Å²) in [5, 5.41) is 7.81. The van der Waals surface area contributed by atoms with E-state index in [0.717, 1.165) is 25.6 Å². The number of nitrogens with zero attached hydrogens (tertiary/aromatic N) is 4. The molecule has 0 radical (unpaired) electrons. The summed E-state index contributed by atoms with van der Waals surface area (Å²) < 4.78 is 2.00. The number of hydrogen-bond acceptors (Lipinski definition) is 2. The Balaban J connectivity index is 0.00000225. The largest absolute Gasteiger partial charge is 0.357 e. The van der Waals surface area contributed by atoms with Crippen LogP contribution in [-0.2, 0) is 6.54 Å². The van der Waals surface area contributed by atoms with Crippen LogP contribution in [0.25, 0.3) is 0 Å². The average molecular weight is 459 g/mol. The zero-order chi connectivity index (χ0) is 16.8. The third kappa shape index (κ3) is 5.59. The van der Waals surface area contributed by atoms with Crippen molar-refractivity contribution in [2.45, 2.75) is 58.9 Å². The SMILES string of the molecule is CCNC(=NCC(C)Cn1cccn1)N1CCC2(CCCCC2)C1.I. The molecule has 6 heteroatoms. The highest BCUT2D eigenvalue weighted by Gasteiger charge is 2.39. The van der Waals surface area contributed by atoms with Gasteiger partial charge in [-0.05, 0) is 43.6 Å². The number of guanidine groups is 1. The summed E-state index contributed by atoms with van der Waals surface area (Å²) in [6, 6.07) is 1.98.